The summed E-state index contributed by atoms with van der Waals surface area (Å²) in [5, 5.41) is 0. The number of alkyl halides is 3. The van der Waals surface area contributed by atoms with Gasteiger partial charge in [0.05, 0.1) is 0 Å². The van der Waals surface area contributed by atoms with Gasteiger partial charge in [-0.2, -0.15) is 0 Å². The second-order valence-electron chi connectivity index (χ2n) is 1.89. The molecular weight excluding hydrogens is 164 g/mol. The molecule has 0 aromatic carbocycles. The predicted octanol–water partition coefficient (Wildman–Crippen LogP) is 0.966. The van der Waals surface area contributed by atoms with E-state index in [0.717, 1.165) is 21.3 Å². The van der Waals surface area contributed by atoms with Crippen molar-refractivity contribution in [3.8, 4) is 0 Å². The normalized spacial score (nSPS) is 13.6. The van der Waals surface area contributed by atoms with E-state index in [1.165, 1.54) is 0 Å². The first-order valence-corrected chi connectivity index (χ1v) is 2.79. The van der Waals surface area contributed by atoms with Crippen LogP contribution in [0.5, 0.6) is 0 Å². The smallest absolute Gasteiger partial charge is 0.485 e. The van der Waals surface area contributed by atoms with Gasteiger partial charge in [0.15, 0.2) is 0 Å². The van der Waals surface area contributed by atoms with Crippen molar-refractivity contribution in [2.75, 3.05) is 21.3 Å². The molecule has 0 unspecified atom stereocenters. The Kier molecular flexibility index (Phi) is 3.34. The molecule has 0 atom stereocenters. The van der Waals surface area contributed by atoms with Gasteiger partial charge in [0.1, 0.15) is 0 Å². The predicted molar refractivity (Wildman–Crippen MR) is 32.8 cm³/mol. The molecule has 0 N–H and O–H groups in total. The molecule has 0 aromatic rings. The molecular formula is C4H9BF3O3-. The number of halogens is 3. The van der Waals surface area contributed by atoms with Crippen molar-refractivity contribution >= 4 is 6.75 Å². The van der Waals surface area contributed by atoms with Crippen molar-refractivity contribution in [1.82, 2.24) is 0 Å². The molecule has 0 aliphatic rings. The fourth-order valence-corrected chi connectivity index (χ4v) is 0.690. The molecule has 0 aromatic heterocycles. The van der Waals surface area contributed by atoms with Gasteiger partial charge in [0, 0.05) is 0 Å². The van der Waals surface area contributed by atoms with E-state index in [1.54, 1.807) is 0 Å². The van der Waals surface area contributed by atoms with E-state index in [2.05, 4.69) is 14.0 Å². The van der Waals surface area contributed by atoms with E-state index in [4.69, 9.17) is 0 Å². The maximum atomic E-state index is 12.0. The van der Waals surface area contributed by atoms with Gasteiger partial charge in [-0.25, -0.2) is 13.2 Å². The first kappa shape index (κ1) is 10.7. The maximum absolute atomic E-state index is 12.0. The van der Waals surface area contributed by atoms with Crippen LogP contribution in [0.4, 0.5) is 13.2 Å². The summed E-state index contributed by atoms with van der Waals surface area (Å²) in [6.07, 6.45) is -4.64. The Morgan fingerprint density at radius 1 is 0.909 bits per heavy atom. The molecule has 0 saturated heterocycles. The molecule has 0 fully saturated rings. The Hall–Kier alpha value is -0.265. The fourth-order valence-electron chi connectivity index (χ4n) is 0.690. The molecule has 3 nitrogen and oxygen atoms in total. The molecule has 11 heavy (non-hydrogen) atoms. The van der Waals surface area contributed by atoms with Crippen molar-refractivity contribution in [3.05, 3.63) is 0 Å². The molecule has 0 spiro atoms. The highest BCUT2D eigenvalue weighted by Gasteiger charge is 2.53. The van der Waals surface area contributed by atoms with Gasteiger partial charge in [-0.05, 0) is 21.3 Å². The van der Waals surface area contributed by atoms with Crippen LogP contribution in [0.3, 0.4) is 0 Å². The van der Waals surface area contributed by atoms with Gasteiger partial charge in [0.25, 0.3) is 0 Å². The minimum absolute atomic E-state index is 0.875. The third kappa shape index (κ3) is 1.85. The lowest BCUT2D eigenvalue weighted by molar-refractivity contribution is -0.122. The van der Waals surface area contributed by atoms with Crippen molar-refractivity contribution < 1.29 is 27.1 Å². The van der Waals surface area contributed by atoms with Gasteiger partial charge in [-0.3, -0.25) is 0 Å². The zero-order valence-electron chi connectivity index (χ0n) is 6.44. The Balaban J connectivity index is 4.54. The van der Waals surface area contributed by atoms with E-state index in [9.17, 15) is 13.2 Å². The van der Waals surface area contributed by atoms with Crippen molar-refractivity contribution in [2.24, 2.45) is 0 Å². The number of rotatable bonds is 3. The summed E-state index contributed by atoms with van der Waals surface area (Å²) in [6.45, 7) is -3.60. The Labute approximate surface area is 62.4 Å². The third-order valence-electron chi connectivity index (χ3n) is 1.33. The molecule has 0 aliphatic heterocycles. The van der Waals surface area contributed by atoms with Crippen molar-refractivity contribution in [2.45, 2.75) is 6.08 Å². The van der Waals surface area contributed by atoms with Crippen LogP contribution in [0.15, 0.2) is 0 Å². The molecule has 0 bridgehead atoms. The minimum atomic E-state index is -4.64. The second kappa shape index (κ2) is 3.42. The van der Waals surface area contributed by atoms with Crippen LogP contribution in [-0.4, -0.2) is 34.2 Å². The molecule has 0 rings (SSSR count). The van der Waals surface area contributed by atoms with Crippen LogP contribution in [0, 0.1) is 0 Å². The molecule has 7 heteroatoms. The zero-order chi connectivity index (χ0) is 9.12. The van der Waals surface area contributed by atoms with Crippen molar-refractivity contribution in [3.63, 3.8) is 0 Å². The van der Waals surface area contributed by atoms with E-state index >= 15 is 0 Å². The molecule has 0 heterocycles. The van der Waals surface area contributed by atoms with Gasteiger partial charge >= 0.3 is 12.8 Å². The minimum Gasteiger partial charge on any atom is -0.541 e. The summed E-state index contributed by atoms with van der Waals surface area (Å²) < 4.78 is 48.4. The highest BCUT2D eigenvalue weighted by molar-refractivity contribution is 6.62. The lowest BCUT2D eigenvalue weighted by Crippen LogP contribution is -2.56. The van der Waals surface area contributed by atoms with E-state index < -0.39 is 12.8 Å². The second-order valence-corrected chi connectivity index (χ2v) is 1.89. The number of hydrogen-bond donors (Lipinski definition) is 0. The average Bonchev–Trinajstić information content (AvgIpc) is 1.90. The standard InChI is InChI=1S/C4H9BF3O3/c1-9-5(10-2,11-3)4(6,7)8/h1-3H3/q-1. The fraction of sp³-hybridized carbons (Fsp3) is 1.00. The van der Waals surface area contributed by atoms with Crippen LogP contribution in [0.1, 0.15) is 0 Å². The van der Waals surface area contributed by atoms with Crippen LogP contribution in [-0.2, 0) is 14.0 Å². The lowest BCUT2D eigenvalue weighted by Gasteiger charge is -2.38. The molecule has 0 saturated carbocycles. The largest absolute Gasteiger partial charge is 0.541 e. The van der Waals surface area contributed by atoms with E-state index in [1.807, 2.05) is 0 Å². The third-order valence-corrected chi connectivity index (χ3v) is 1.33. The summed E-state index contributed by atoms with van der Waals surface area (Å²) in [5.41, 5.74) is 0. The summed E-state index contributed by atoms with van der Waals surface area (Å²) in [5.74, 6) is 0. The summed E-state index contributed by atoms with van der Waals surface area (Å²) >= 11 is 0. The van der Waals surface area contributed by atoms with Crippen LogP contribution < -0.4 is 0 Å². The first-order valence-electron chi connectivity index (χ1n) is 2.79. The Morgan fingerprint density at radius 3 is 1.18 bits per heavy atom. The molecule has 0 aliphatic carbocycles. The van der Waals surface area contributed by atoms with Crippen LogP contribution in [0.25, 0.3) is 0 Å². The first-order chi connectivity index (χ1) is 4.93. The quantitative estimate of drug-likeness (QED) is 0.595. The Morgan fingerprint density at radius 2 is 1.18 bits per heavy atom. The maximum Gasteiger partial charge on any atom is 0.485 e. The monoisotopic (exact) mass is 173 g/mol. The summed E-state index contributed by atoms with van der Waals surface area (Å²) in [6, 6.07) is 0. The summed E-state index contributed by atoms with van der Waals surface area (Å²) in [7, 11) is 2.63. The summed E-state index contributed by atoms with van der Waals surface area (Å²) in [4.78, 5) is 0. The van der Waals surface area contributed by atoms with Gasteiger partial charge in [0.2, 0.25) is 0 Å². The van der Waals surface area contributed by atoms with Crippen LogP contribution in [0.2, 0.25) is 0 Å². The molecule has 0 radical (unpaired) electrons. The zero-order valence-corrected chi connectivity index (χ0v) is 6.44. The number of hydrogen-bond acceptors (Lipinski definition) is 3. The van der Waals surface area contributed by atoms with E-state index in [-0.39, 0.29) is 0 Å². The molecule has 0 amide bonds. The van der Waals surface area contributed by atoms with Gasteiger partial charge in [-0.15, -0.1) is 0 Å². The Bertz CT molecular complexity index is 114. The van der Waals surface area contributed by atoms with Gasteiger partial charge < -0.3 is 14.0 Å². The molecule has 68 valence electrons. The highest BCUT2D eigenvalue weighted by Crippen LogP contribution is 2.29. The SMILES string of the molecule is CO[B-](OC)(OC)C(F)(F)F. The van der Waals surface area contributed by atoms with E-state index in [0.29, 0.717) is 0 Å². The van der Waals surface area contributed by atoms with Crippen molar-refractivity contribution in [1.29, 1.82) is 0 Å². The highest BCUT2D eigenvalue weighted by atomic mass is 19.4. The lowest BCUT2D eigenvalue weighted by atomic mass is 9.77. The van der Waals surface area contributed by atoms with Crippen LogP contribution >= 0.6 is 0 Å². The topological polar surface area (TPSA) is 27.7 Å². The average molecular weight is 173 g/mol. The van der Waals surface area contributed by atoms with Gasteiger partial charge in [-0.1, -0.05) is 0 Å².